The van der Waals surface area contributed by atoms with E-state index in [0.717, 1.165) is 24.2 Å². The minimum absolute atomic E-state index is 0.339. The molecule has 0 unspecified atom stereocenters. The van der Waals surface area contributed by atoms with Crippen LogP contribution in [0.15, 0.2) is 49.1 Å². The summed E-state index contributed by atoms with van der Waals surface area (Å²) in [5.41, 5.74) is 2.42. The lowest BCUT2D eigenvalue weighted by molar-refractivity contribution is 0.0500. The number of rotatable bonds is 9. The van der Waals surface area contributed by atoms with Gasteiger partial charge in [-0.15, -0.1) is 0 Å². The lowest BCUT2D eigenvalue weighted by atomic mass is 10.2. The Hall–Kier alpha value is -2.82. The molecule has 0 saturated carbocycles. The summed E-state index contributed by atoms with van der Waals surface area (Å²) >= 11 is 0. The van der Waals surface area contributed by atoms with Gasteiger partial charge < -0.3 is 14.2 Å². The number of carbonyl (C=O) groups excluding carboxylic acids is 1. The summed E-state index contributed by atoms with van der Waals surface area (Å²) in [6.45, 7) is 6.27. The second-order valence-corrected chi connectivity index (χ2v) is 5.48. The van der Waals surface area contributed by atoms with Gasteiger partial charge in [0, 0.05) is 11.4 Å². The van der Waals surface area contributed by atoms with Crippen LogP contribution in [-0.2, 0) is 11.2 Å². The Morgan fingerprint density at radius 3 is 2.80 bits per heavy atom. The second-order valence-electron chi connectivity index (χ2n) is 5.48. The van der Waals surface area contributed by atoms with Crippen LogP contribution >= 0.6 is 0 Å². The van der Waals surface area contributed by atoms with Gasteiger partial charge >= 0.3 is 5.97 Å². The van der Waals surface area contributed by atoms with Crippen molar-refractivity contribution in [2.45, 2.75) is 19.8 Å². The Labute approximate surface area is 148 Å². The normalized spacial score (nSPS) is 10.2. The predicted octanol–water partition coefficient (Wildman–Crippen LogP) is 3.75. The molecule has 1 heterocycles. The maximum atomic E-state index is 12.2. The zero-order chi connectivity index (χ0) is 18.1. The van der Waals surface area contributed by atoms with E-state index in [1.165, 1.54) is 7.11 Å². The summed E-state index contributed by atoms with van der Waals surface area (Å²) in [4.78, 5) is 16.6. The highest BCUT2D eigenvalue weighted by Gasteiger charge is 2.12. The van der Waals surface area contributed by atoms with Crippen LogP contribution < -0.4 is 9.47 Å². The number of carbonyl (C=O) groups is 1. The predicted molar refractivity (Wildman–Crippen MR) is 96.3 cm³/mol. The van der Waals surface area contributed by atoms with Gasteiger partial charge in [-0.05, 0) is 50.1 Å². The molecule has 2 aromatic rings. The highest BCUT2D eigenvalue weighted by atomic mass is 16.5. The third-order valence-electron chi connectivity index (χ3n) is 3.51. The third kappa shape index (κ3) is 5.64. The van der Waals surface area contributed by atoms with E-state index in [1.54, 1.807) is 24.3 Å². The lowest BCUT2D eigenvalue weighted by Gasteiger charge is -2.11. The number of hydrogen-bond acceptors (Lipinski definition) is 5. The number of aryl methyl sites for hydroxylation is 2. The molecule has 0 radical (unpaired) electrons. The molecular weight excluding hydrogens is 318 g/mol. The third-order valence-corrected chi connectivity index (χ3v) is 3.51. The zero-order valence-electron chi connectivity index (χ0n) is 14.7. The fraction of sp³-hybridized carbons (Fsp3) is 0.300. The molecule has 5 nitrogen and oxygen atoms in total. The first kappa shape index (κ1) is 18.5. The Kier molecular flexibility index (Phi) is 7.01. The first-order valence-corrected chi connectivity index (χ1v) is 8.15. The molecule has 0 aliphatic rings. The van der Waals surface area contributed by atoms with Crippen LogP contribution in [-0.4, -0.2) is 31.3 Å². The molecule has 132 valence electrons. The number of pyridine rings is 1. The van der Waals surface area contributed by atoms with Crippen molar-refractivity contribution in [3.05, 3.63) is 66.0 Å². The van der Waals surface area contributed by atoms with E-state index in [1.807, 2.05) is 25.1 Å². The summed E-state index contributed by atoms with van der Waals surface area (Å²) in [6.07, 6.45) is 3.14. The van der Waals surface area contributed by atoms with Crippen LogP contribution in [0.25, 0.3) is 0 Å². The van der Waals surface area contributed by atoms with Crippen molar-refractivity contribution in [1.82, 2.24) is 4.98 Å². The van der Waals surface area contributed by atoms with E-state index in [4.69, 9.17) is 14.2 Å². The molecule has 1 aromatic carbocycles. The van der Waals surface area contributed by atoms with Gasteiger partial charge in [0.2, 0.25) is 0 Å². The van der Waals surface area contributed by atoms with E-state index in [0.29, 0.717) is 30.3 Å². The molecule has 2 rings (SSSR count). The molecule has 0 fully saturated rings. The lowest BCUT2D eigenvalue weighted by Crippen LogP contribution is -2.08. The minimum Gasteiger partial charge on any atom is -0.493 e. The van der Waals surface area contributed by atoms with Gasteiger partial charge in [-0.25, -0.2) is 4.79 Å². The Balaban J connectivity index is 1.86. The topological polar surface area (TPSA) is 57.7 Å². The van der Waals surface area contributed by atoms with Crippen molar-refractivity contribution in [3.63, 3.8) is 0 Å². The summed E-state index contributed by atoms with van der Waals surface area (Å²) < 4.78 is 16.0. The molecule has 25 heavy (non-hydrogen) atoms. The van der Waals surface area contributed by atoms with Gasteiger partial charge in [0.25, 0.3) is 0 Å². The molecule has 0 N–H and O–H groups in total. The van der Waals surface area contributed by atoms with E-state index in [9.17, 15) is 4.79 Å². The maximum Gasteiger partial charge on any atom is 0.338 e. The Bertz CT molecular complexity index is 727. The van der Waals surface area contributed by atoms with E-state index in [-0.39, 0.29) is 5.97 Å². The number of hydrogen-bond donors (Lipinski definition) is 0. The van der Waals surface area contributed by atoms with Gasteiger partial charge in [0.15, 0.2) is 11.5 Å². The first-order valence-electron chi connectivity index (χ1n) is 8.15. The summed E-state index contributed by atoms with van der Waals surface area (Å²) in [6, 6.07) is 10.9. The van der Waals surface area contributed by atoms with Gasteiger partial charge in [-0.3, -0.25) is 4.98 Å². The van der Waals surface area contributed by atoms with Crippen molar-refractivity contribution in [1.29, 1.82) is 0 Å². The fourth-order valence-corrected chi connectivity index (χ4v) is 2.30. The van der Waals surface area contributed by atoms with Crippen molar-refractivity contribution in [2.24, 2.45) is 0 Å². The van der Waals surface area contributed by atoms with Crippen LogP contribution in [0.4, 0.5) is 0 Å². The van der Waals surface area contributed by atoms with Crippen molar-refractivity contribution < 1.29 is 19.0 Å². The number of methoxy groups -OCH3 is 1. The Morgan fingerprint density at radius 2 is 2.08 bits per heavy atom. The monoisotopic (exact) mass is 341 g/mol. The van der Waals surface area contributed by atoms with Crippen LogP contribution in [0, 0.1) is 6.92 Å². The van der Waals surface area contributed by atoms with Crippen molar-refractivity contribution in [2.75, 3.05) is 20.3 Å². The van der Waals surface area contributed by atoms with Crippen LogP contribution in [0.1, 0.15) is 28.2 Å². The zero-order valence-corrected chi connectivity index (χ0v) is 14.7. The quantitative estimate of drug-likeness (QED) is 0.395. The minimum atomic E-state index is -0.384. The van der Waals surface area contributed by atoms with E-state index < -0.39 is 0 Å². The van der Waals surface area contributed by atoms with Crippen molar-refractivity contribution in [3.8, 4) is 11.5 Å². The fourth-order valence-electron chi connectivity index (χ4n) is 2.30. The summed E-state index contributed by atoms with van der Waals surface area (Å²) in [5.74, 6) is 0.663. The van der Waals surface area contributed by atoms with Crippen molar-refractivity contribution >= 4 is 5.97 Å². The molecule has 0 amide bonds. The van der Waals surface area contributed by atoms with Crippen LogP contribution in [0.2, 0.25) is 0 Å². The Morgan fingerprint density at radius 1 is 1.24 bits per heavy atom. The standard InChI is InChI=1S/C20H23NO4/c1-4-12-24-18-11-10-16(14-19(18)23-3)20(22)25-13-6-9-17-8-5-7-15(2)21-17/h4-5,7-8,10-11,14H,1,6,9,12-13H2,2-3H3. The smallest absolute Gasteiger partial charge is 0.338 e. The number of benzene rings is 1. The number of ether oxygens (including phenoxy) is 3. The molecular formula is C20H23NO4. The first-order chi connectivity index (χ1) is 12.1. The van der Waals surface area contributed by atoms with Gasteiger partial charge in [-0.2, -0.15) is 0 Å². The number of esters is 1. The number of nitrogens with zero attached hydrogens (tertiary/aromatic N) is 1. The largest absolute Gasteiger partial charge is 0.493 e. The van der Waals surface area contributed by atoms with Crippen LogP contribution in [0.3, 0.4) is 0 Å². The average molecular weight is 341 g/mol. The molecule has 0 aliphatic heterocycles. The number of aromatic nitrogens is 1. The molecule has 5 heteroatoms. The summed E-state index contributed by atoms with van der Waals surface area (Å²) in [5, 5.41) is 0. The molecule has 0 atom stereocenters. The van der Waals surface area contributed by atoms with Gasteiger partial charge in [-0.1, -0.05) is 18.7 Å². The highest BCUT2D eigenvalue weighted by Crippen LogP contribution is 2.28. The molecule has 1 aromatic heterocycles. The molecule has 0 bridgehead atoms. The van der Waals surface area contributed by atoms with E-state index in [2.05, 4.69) is 11.6 Å². The van der Waals surface area contributed by atoms with Crippen LogP contribution in [0.5, 0.6) is 11.5 Å². The second kappa shape index (κ2) is 9.47. The SMILES string of the molecule is C=CCOc1ccc(C(=O)OCCCc2cccc(C)n2)cc1OC. The van der Waals surface area contributed by atoms with Gasteiger partial charge in [0.1, 0.15) is 6.61 Å². The van der Waals surface area contributed by atoms with Gasteiger partial charge in [0.05, 0.1) is 19.3 Å². The molecule has 0 spiro atoms. The molecule has 0 saturated heterocycles. The highest BCUT2D eigenvalue weighted by molar-refractivity contribution is 5.90. The maximum absolute atomic E-state index is 12.2. The average Bonchev–Trinajstić information content (AvgIpc) is 2.63. The summed E-state index contributed by atoms with van der Waals surface area (Å²) in [7, 11) is 1.53. The molecule has 0 aliphatic carbocycles. The van der Waals surface area contributed by atoms with E-state index >= 15 is 0 Å².